The first kappa shape index (κ1) is 31.8. The van der Waals surface area contributed by atoms with E-state index in [1.807, 2.05) is 21.1 Å². The number of hydrogen-bond acceptors (Lipinski definition) is 4. The van der Waals surface area contributed by atoms with E-state index in [9.17, 15) is 9.46 Å². The lowest BCUT2D eigenvalue weighted by molar-refractivity contribution is -0.870. The van der Waals surface area contributed by atoms with Gasteiger partial charge >= 0.3 is 0 Å². The molecule has 5 nitrogen and oxygen atoms in total. The van der Waals surface area contributed by atoms with E-state index in [0.29, 0.717) is 35.2 Å². The Hall–Kier alpha value is -0.710. The smallest absolute Gasteiger partial charge is 0.268 e. The zero-order chi connectivity index (χ0) is 28.1. The van der Waals surface area contributed by atoms with Gasteiger partial charge in [-0.05, 0) is 86.0 Å². The van der Waals surface area contributed by atoms with Crippen molar-refractivity contribution in [2.24, 2.45) is 29.1 Å². The molecule has 3 aliphatic carbocycles. The predicted octanol–water partition coefficient (Wildman–Crippen LogP) is 7.83. The molecule has 0 bridgehead atoms. The molecule has 3 rings (SSSR count). The van der Waals surface area contributed by atoms with Gasteiger partial charge in [0.1, 0.15) is 13.2 Å². The van der Waals surface area contributed by atoms with Crippen molar-refractivity contribution in [1.82, 2.24) is 0 Å². The normalized spacial score (nSPS) is 33.1. The molecule has 0 aromatic rings. The van der Waals surface area contributed by atoms with Gasteiger partial charge in [0.15, 0.2) is 0 Å². The van der Waals surface area contributed by atoms with Crippen LogP contribution in [0.2, 0.25) is 0 Å². The molecule has 38 heavy (non-hydrogen) atoms. The Morgan fingerprint density at radius 1 is 1.13 bits per heavy atom. The topological polar surface area (TPSA) is 58.6 Å². The predicted molar refractivity (Wildman–Crippen MR) is 157 cm³/mol. The van der Waals surface area contributed by atoms with Crippen LogP contribution >= 0.6 is 7.82 Å². The first-order chi connectivity index (χ1) is 17.7. The molecule has 218 valence electrons. The summed E-state index contributed by atoms with van der Waals surface area (Å²) in [7, 11) is 1.70. The molecule has 3 fully saturated rings. The largest absolute Gasteiger partial charge is 0.756 e. The molecule has 0 heterocycles. The van der Waals surface area contributed by atoms with Crippen LogP contribution in [0.1, 0.15) is 98.3 Å². The highest BCUT2D eigenvalue weighted by Gasteiger charge is 2.50. The van der Waals surface area contributed by atoms with E-state index >= 15 is 0 Å². The summed E-state index contributed by atoms with van der Waals surface area (Å²) in [6, 6.07) is 0. The number of hydrogen-bond donors (Lipinski definition) is 0. The highest BCUT2D eigenvalue weighted by molar-refractivity contribution is 7.45. The maximum atomic E-state index is 12.4. The van der Waals surface area contributed by atoms with Gasteiger partial charge in [-0.15, -0.1) is 0 Å². The van der Waals surface area contributed by atoms with Crippen LogP contribution in [0.5, 0.6) is 0 Å². The fraction of sp³-hybridized carbons (Fsp3) is 0.812. The summed E-state index contributed by atoms with van der Waals surface area (Å²) in [5.74, 6) is 3.09. The van der Waals surface area contributed by atoms with E-state index < -0.39 is 7.82 Å². The number of allylic oxidation sites excluding steroid dienone is 4. The van der Waals surface area contributed by atoms with Crippen molar-refractivity contribution in [3.8, 4) is 0 Å². The van der Waals surface area contributed by atoms with Gasteiger partial charge in [0.25, 0.3) is 7.82 Å². The number of quaternary nitrogens is 1. The van der Waals surface area contributed by atoms with Gasteiger partial charge in [-0.2, -0.15) is 0 Å². The molecule has 0 saturated heterocycles. The van der Waals surface area contributed by atoms with Gasteiger partial charge in [0.2, 0.25) is 0 Å². The van der Waals surface area contributed by atoms with E-state index in [0.717, 1.165) is 35.3 Å². The molecule has 3 saturated carbocycles. The zero-order valence-corrected chi connectivity index (χ0v) is 26.4. The third-order valence-electron chi connectivity index (χ3n) is 9.62. The Kier molecular flexibility index (Phi) is 11.1. The zero-order valence-electron chi connectivity index (χ0n) is 25.5. The van der Waals surface area contributed by atoms with E-state index in [-0.39, 0.29) is 12.7 Å². The summed E-state index contributed by atoms with van der Waals surface area (Å²) in [6.07, 6.45) is 16.7. The van der Waals surface area contributed by atoms with Crippen LogP contribution < -0.4 is 4.89 Å². The average molecular weight is 550 g/mol. The van der Waals surface area contributed by atoms with Gasteiger partial charge in [0, 0.05) is 0 Å². The Morgan fingerprint density at radius 3 is 2.55 bits per heavy atom. The quantitative estimate of drug-likeness (QED) is 0.184. The van der Waals surface area contributed by atoms with E-state index in [4.69, 9.17) is 9.05 Å². The Morgan fingerprint density at radius 2 is 1.87 bits per heavy atom. The minimum atomic E-state index is -4.33. The monoisotopic (exact) mass is 549 g/mol. The second-order valence-corrected chi connectivity index (χ2v) is 15.6. The standard InChI is InChI=1S/C32H56NO4P/c1-24(2)11-9-12-26(4)30-18-19-31-27(13-10-20-32(30,31)5)15-16-28-23-29(17-14-25(28)3)37-38(34,35)36-22-21-33(6,7)8/h15-16,24,26,29-31H,3,9-14,17-23H2,1-2,4-8H3/b27-15+,28-16-/t26-,29+,30-,31+,32-/m1/s1. The van der Waals surface area contributed by atoms with Crippen LogP contribution in [0.15, 0.2) is 35.5 Å². The van der Waals surface area contributed by atoms with Crippen LogP contribution in [0.25, 0.3) is 0 Å². The summed E-state index contributed by atoms with van der Waals surface area (Å²) in [5, 5.41) is 0. The number of phosphoric acid groups is 1. The van der Waals surface area contributed by atoms with Gasteiger partial charge in [0.05, 0.1) is 27.2 Å². The highest BCUT2D eigenvalue weighted by Crippen LogP contribution is 2.60. The van der Waals surface area contributed by atoms with E-state index in [1.165, 1.54) is 51.4 Å². The van der Waals surface area contributed by atoms with Crippen molar-refractivity contribution in [2.75, 3.05) is 34.3 Å². The van der Waals surface area contributed by atoms with E-state index in [1.54, 1.807) is 5.57 Å². The number of nitrogens with zero attached hydrogens (tertiary/aromatic N) is 1. The maximum absolute atomic E-state index is 12.4. The van der Waals surface area contributed by atoms with Gasteiger partial charge in [-0.25, -0.2) is 0 Å². The summed E-state index contributed by atoms with van der Waals surface area (Å²) in [6.45, 7) is 14.8. The van der Waals surface area contributed by atoms with Crippen molar-refractivity contribution in [2.45, 2.75) is 104 Å². The molecule has 0 aromatic heterocycles. The molecular formula is C32H56NO4P. The molecule has 0 aromatic carbocycles. The summed E-state index contributed by atoms with van der Waals surface area (Å²) < 4.78 is 23.7. The van der Waals surface area contributed by atoms with Gasteiger partial charge in [-0.3, -0.25) is 4.57 Å². The first-order valence-corrected chi connectivity index (χ1v) is 16.7. The summed E-state index contributed by atoms with van der Waals surface area (Å²) in [5.41, 5.74) is 4.24. The van der Waals surface area contributed by atoms with Crippen molar-refractivity contribution >= 4 is 7.82 Å². The van der Waals surface area contributed by atoms with Crippen LogP contribution in [0.4, 0.5) is 0 Å². The van der Waals surface area contributed by atoms with Gasteiger partial charge < -0.3 is 18.4 Å². The molecule has 0 spiro atoms. The van der Waals surface area contributed by atoms with Crippen LogP contribution in [-0.2, 0) is 13.6 Å². The highest BCUT2D eigenvalue weighted by atomic mass is 31.2. The SMILES string of the molecule is C=C1CC[C@H](OP(=O)([O-])OCC[N+](C)(C)C)C/C1=C/C=C1\CCC[C@]2(C)[C@@H]([C@H](C)CCCC(C)C)CC[C@@H]12. The summed E-state index contributed by atoms with van der Waals surface area (Å²) >= 11 is 0. The molecule has 0 amide bonds. The lowest BCUT2D eigenvalue weighted by atomic mass is 9.60. The third kappa shape index (κ3) is 8.90. The Balaban J connectivity index is 1.63. The maximum Gasteiger partial charge on any atom is 0.268 e. The van der Waals surface area contributed by atoms with Crippen LogP contribution in [0.3, 0.4) is 0 Å². The molecule has 0 radical (unpaired) electrons. The van der Waals surface area contributed by atoms with Gasteiger partial charge in [-0.1, -0.05) is 76.8 Å². The fourth-order valence-electron chi connectivity index (χ4n) is 7.37. The molecule has 0 aliphatic heterocycles. The van der Waals surface area contributed by atoms with Crippen molar-refractivity contribution in [3.63, 3.8) is 0 Å². The molecule has 6 atom stereocenters. The van der Waals surface area contributed by atoms with Crippen molar-refractivity contribution < 1.29 is 23.0 Å². The number of phosphoric ester groups is 1. The van der Waals surface area contributed by atoms with Crippen molar-refractivity contribution in [1.29, 1.82) is 0 Å². The van der Waals surface area contributed by atoms with Crippen LogP contribution in [0, 0.1) is 29.1 Å². The second-order valence-electron chi connectivity index (χ2n) is 14.2. The van der Waals surface area contributed by atoms with Crippen LogP contribution in [-0.4, -0.2) is 44.9 Å². The number of likely N-dealkylation sites (N-methyl/N-ethyl adjacent to an activating group) is 1. The van der Waals surface area contributed by atoms with E-state index in [2.05, 4.69) is 46.4 Å². The number of rotatable bonds is 12. The minimum absolute atomic E-state index is 0.135. The fourth-order valence-corrected chi connectivity index (χ4v) is 8.29. The lowest BCUT2D eigenvalue weighted by Crippen LogP contribution is -2.37. The molecule has 6 heteroatoms. The minimum Gasteiger partial charge on any atom is -0.756 e. The number of fused-ring (bicyclic) bond motifs is 1. The molecule has 0 N–H and O–H groups in total. The molecule has 3 aliphatic rings. The average Bonchev–Trinajstić information content (AvgIpc) is 3.15. The lowest BCUT2D eigenvalue weighted by Gasteiger charge is -2.44. The molecular weight excluding hydrogens is 493 g/mol. The Bertz CT molecular complexity index is 917. The third-order valence-corrected chi connectivity index (χ3v) is 10.7. The Labute approximate surface area is 234 Å². The van der Waals surface area contributed by atoms with Crippen molar-refractivity contribution in [3.05, 3.63) is 35.5 Å². The second kappa shape index (κ2) is 13.3. The summed E-state index contributed by atoms with van der Waals surface area (Å²) in [4.78, 5) is 12.4. The first-order valence-electron chi connectivity index (χ1n) is 15.2. The molecule has 1 unspecified atom stereocenters.